The van der Waals surface area contributed by atoms with Gasteiger partial charge in [-0.25, -0.2) is 0 Å². The van der Waals surface area contributed by atoms with Crippen LogP contribution in [0.2, 0.25) is 0 Å². The summed E-state index contributed by atoms with van der Waals surface area (Å²) in [5, 5.41) is 9.25. The van der Waals surface area contributed by atoms with Crippen LogP contribution in [-0.2, 0) is 12.0 Å². The van der Waals surface area contributed by atoms with Gasteiger partial charge in [-0.15, -0.1) is 10.2 Å². The van der Waals surface area contributed by atoms with Crippen molar-refractivity contribution in [2.45, 2.75) is 57.0 Å². The Morgan fingerprint density at radius 3 is 2.25 bits per heavy atom. The lowest BCUT2D eigenvalue weighted by Crippen LogP contribution is -2.16. The van der Waals surface area contributed by atoms with E-state index in [1.807, 2.05) is 61.5 Å². The first-order valence-corrected chi connectivity index (χ1v) is 10.5. The molecule has 0 saturated carbocycles. The third kappa shape index (κ3) is 4.36. The highest BCUT2D eigenvalue weighted by molar-refractivity contribution is 8.00. The van der Waals surface area contributed by atoms with Crippen molar-refractivity contribution in [2.75, 3.05) is 0 Å². The first-order chi connectivity index (χ1) is 13.3. The van der Waals surface area contributed by atoms with E-state index in [1.54, 1.807) is 0 Å². The van der Waals surface area contributed by atoms with Crippen LogP contribution in [-0.4, -0.2) is 25.8 Å². The Morgan fingerprint density at radius 1 is 1.04 bits per heavy atom. The van der Waals surface area contributed by atoms with Crippen molar-refractivity contribution in [1.82, 2.24) is 14.8 Å². The second kappa shape index (κ2) is 8.31. The molecule has 1 aromatic heterocycles. The zero-order valence-electron chi connectivity index (χ0n) is 17.1. The summed E-state index contributed by atoms with van der Waals surface area (Å²) in [5.74, 6) is 0.942. The van der Waals surface area contributed by atoms with Gasteiger partial charge in [0.15, 0.2) is 16.8 Å². The highest BCUT2D eigenvalue weighted by Crippen LogP contribution is 2.29. The van der Waals surface area contributed by atoms with Gasteiger partial charge in [-0.1, -0.05) is 87.1 Å². The Bertz CT molecular complexity index is 940. The third-order valence-corrected chi connectivity index (χ3v) is 5.83. The van der Waals surface area contributed by atoms with Crippen LogP contribution in [0.15, 0.2) is 59.8 Å². The number of benzene rings is 2. The molecule has 1 heterocycles. The monoisotopic (exact) mass is 393 g/mol. The number of carbonyl (C=O) groups excluding carboxylic acids is 1. The molecule has 0 saturated heterocycles. The van der Waals surface area contributed by atoms with Crippen molar-refractivity contribution in [3.8, 4) is 11.4 Å². The lowest BCUT2D eigenvalue weighted by atomic mass is 9.86. The van der Waals surface area contributed by atoms with Gasteiger partial charge in [0, 0.05) is 17.7 Å². The zero-order chi connectivity index (χ0) is 20.3. The van der Waals surface area contributed by atoms with Crippen LogP contribution in [0.4, 0.5) is 0 Å². The summed E-state index contributed by atoms with van der Waals surface area (Å²) in [6, 6.07) is 18.0. The van der Waals surface area contributed by atoms with Gasteiger partial charge >= 0.3 is 0 Å². The normalized spacial score (nSPS) is 12.8. The van der Waals surface area contributed by atoms with E-state index in [-0.39, 0.29) is 16.4 Å². The third-order valence-electron chi connectivity index (χ3n) is 4.75. The molecule has 0 unspecified atom stereocenters. The number of aromatic nitrogens is 3. The lowest BCUT2D eigenvalue weighted by molar-refractivity contribution is 0.0993. The van der Waals surface area contributed by atoms with Crippen LogP contribution < -0.4 is 0 Å². The molecule has 5 heteroatoms. The minimum atomic E-state index is -0.237. The molecular formula is C23H27N3OS. The number of nitrogens with zero attached hydrogens (tertiary/aromatic N) is 3. The van der Waals surface area contributed by atoms with E-state index in [4.69, 9.17) is 0 Å². The molecule has 1 atom stereocenters. The van der Waals surface area contributed by atoms with Crippen molar-refractivity contribution in [3.63, 3.8) is 0 Å². The predicted octanol–water partition coefficient (Wildman–Crippen LogP) is 5.63. The summed E-state index contributed by atoms with van der Waals surface area (Å²) in [5.41, 5.74) is 3.06. The van der Waals surface area contributed by atoms with E-state index in [2.05, 4.69) is 42.5 Å². The van der Waals surface area contributed by atoms with E-state index in [9.17, 15) is 4.79 Å². The predicted molar refractivity (Wildman–Crippen MR) is 116 cm³/mol. The molecule has 4 nitrogen and oxygen atoms in total. The van der Waals surface area contributed by atoms with Crippen LogP contribution in [0.1, 0.15) is 50.5 Å². The van der Waals surface area contributed by atoms with Gasteiger partial charge in [0.25, 0.3) is 0 Å². The molecule has 0 fully saturated rings. The van der Waals surface area contributed by atoms with Gasteiger partial charge in [0.05, 0.1) is 5.25 Å². The zero-order valence-corrected chi connectivity index (χ0v) is 18.0. The highest BCUT2D eigenvalue weighted by Gasteiger charge is 2.22. The summed E-state index contributed by atoms with van der Waals surface area (Å²) >= 11 is 1.46. The fraction of sp³-hybridized carbons (Fsp3) is 0.348. The number of rotatable bonds is 6. The largest absolute Gasteiger partial charge is 0.302 e. The second-order valence-corrected chi connectivity index (χ2v) is 9.18. The molecule has 0 aliphatic carbocycles. The summed E-state index contributed by atoms with van der Waals surface area (Å²) in [6.45, 7) is 11.3. The van der Waals surface area contributed by atoms with Crippen LogP contribution in [0, 0.1) is 0 Å². The van der Waals surface area contributed by atoms with Crippen molar-refractivity contribution in [1.29, 1.82) is 0 Å². The van der Waals surface area contributed by atoms with Gasteiger partial charge in [0.2, 0.25) is 0 Å². The van der Waals surface area contributed by atoms with Crippen molar-refractivity contribution in [3.05, 3.63) is 65.7 Å². The number of hydrogen-bond donors (Lipinski definition) is 0. The fourth-order valence-electron chi connectivity index (χ4n) is 3.04. The first-order valence-electron chi connectivity index (χ1n) is 9.61. The maximum atomic E-state index is 12.9. The smallest absolute Gasteiger partial charge is 0.192 e. The molecule has 0 N–H and O–H groups in total. The number of ketones is 1. The molecule has 146 valence electrons. The van der Waals surface area contributed by atoms with Crippen LogP contribution in [0.3, 0.4) is 0 Å². The van der Waals surface area contributed by atoms with Gasteiger partial charge in [-0.05, 0) is 24.8 Å². The van der Waals surface area contributed by atoms with Crippen LogP contribution >= 0.6 is 11.8 Å². The summed E-state index contributed by atoms with van der Waals surface area (Å²) in [6.07, 6.45) is 0. The second-order valence-electron chi connectivity index (χ2n) is 7.87. The average molecular weight is 394 g/mol. The maximum Gasteiger partial charge on any atom is 0.192 e. The molecule has 28 heavy (non-hydrogen) atoms. The molecule has 3 rings (SSSR count). The van der Waals surface area contributed by atoms with Crippen molar-refractivity contribution >= 4 is 17.5 Å². The number of thioether (sulfide) groups is 1. The number of Topliss-reactive ketones (excluding diaryl/α,β-unsaturated/α-hetero) is 1. The molecule has 2 aromatic carbocycles. The van der Waals surface area contributed by atoms with Gasteiger partial charge in [0.1, 0.15) is 0 Å². The van der Waals surface area contributed by atoms with Crippen LogP contribution in [0.5, 0.6) is 0 Å². The van der Waals surface area contributed by atoms with Crippen molar-refractivity contribution in [2.24, 2.45) is 0 Å². The van der Waals surface area contributed by atoms with Crippen molar-refractivity contribution < 1.29 is 4.79 Å². The van der Waals surface area contributed by atoms with E-state index in [0.717, 1.165) is 28.7 Å². The summed E-state index contributed by atoms with van der Waals surface area (Å²) in [7, 11) is 0. The number of hydrogen-bond acceptors (Lipinski definition) is 4. The minimum Gasteiger partial charge on any atom is -0.302 e. The Balaban J connectivity index is 1.78. The molecule has 0 radical (unpaired) electrons. The summed E-state index contributed by atoms with van der Waals surface area (Å²) < 4.78 is 2.06. The molecule has 0 amide bonds. The van der Waals surface area contributed by atoms with Gasteiger partial charge in [-0.2, -0.15) is 0 Å². The minimum absolute atomic E-state index is 0.0767. The molecule has 0 spiro atoms. The van der Waals surface area contributed by atoms with E-state index >= 15 is 0 Å². The molecule has 3 aromatic rings. The maximum absolute atomic E-state index is 12.9. The van der Waals surface area contributed by atoms with Crippen LogP contribution in [0.25, 0.3) is 11.4 Å². The number of carbonyl (C=O) groups is 1. The molecule has 0 aliphatic rings. The fourth-order valence-corrected chi connectivity index (χ4v) is 4.03. The van der Waals surface area contributed by atoms with Gasteiger partial charge in [-0.3, -0.25) is 4.79 Å². The lowest BCUT2D eigenvalue weighted by Gasteiger charge is -2.19. The molecule has 0 aliphatic heterocycles. The molecular weight excluding hydrogens is 366 g/mol. The van der Waals surface area contributed by atoms with E-state index in [0.29, 0.717) is 0 Å². The Hall–Kier alpha value is -2.40. The highest BCUT2D eigenvalue weighted by atomic mass is 32.2. The Kier molecular flexibility index (Phi) is 6.04. The standard InChI is InChI=1S/C23H27N3OS/c1-6-26-21(18-10-8-7-9-11-18)24-25-22(26)28-16(2)20(27)17-12-14-19(15-13-17)23(3,4)5/h7-16H,6H2,1-5H3/t16-/m0/s1. The van der Waals surface area contributed by atoms with E-state index < -0.39 is 0 Å². The van der Waals surface area contributed by atoms with E-state index in [1.165, 1.54) is 17.3 Å². The Labute approximate surface area is 171 Å². The average Bonchev–Trinajstić information content (AvgIpc) is 3.10. The Morgan fingerprint density at radius 2 is 1.68 bits per heavy atom. The first kappa shape index (κ1) is 20.3. The van der Waals surface area contributed by atoms with Gasteiger partial charge < -0.3 is 4.57 Å². The molecule has 0 bridgehead atoms. The summed E-state index contributed by atoms with van der Waals surface area (Å²) in [4.78, 5) is 12.9. The topological polar surface area (TPSA) is 47.8 Å². The quantitative estimate of drug-likeness (QED) is 0.402. The SMILES string of the molecule is CCn1c(S[C@@H](C)C(=O)c2ccc(C(C)(C)C)cc2)nnc1-c1ccccc1.